The number of anilines is 1. The first-order valence-electron chi connectivity index (χ1n) is 6.58. The highest BCUT2D eigenvalue weighted by Gasteiger charge is 2.19. The summed E-state index contributed by atoms with van der Waals surface area (Å²) in [6, 6.07) is 2.66. The van der Waals surface area contributed by atoms with Gasteiger partial charge in [0.25, 0.3) is 5.69 Å². The van der Waals surface area contributed by atoms with Crippen molar-refractivity contribution in [3.8, 4) is 0 Å². The Labute approximate surface area is 115 Å². The van der Waals surface area contributed by atoms with Crippen LogP contribution in [0.1, 0.15) is 32.1 Å². The smallest absolute Gasteiger partial charge is 0.319 e. The average Bonchev–Trinajstić information content (AvgIpc) is 2.41. The van der Waals surface area contributed by atoms with E-state index in [0.29, 0.717) is 0 Å². The molecule has 108 valence electrons. The fraction of sp³-hybridized carbons (Fsp3) is 0.462. The molecule has 6 nitrogen and oxygen atoms in total. The zero-order chi connectivity index (χ0) is 14.5. The summed E-state index contributed by atoms with van der Waals surface area (Å²) in [5.41, 5.74) is -0.464. The van der Waals surface area contributed by atoms with E-state index in [-0.39, 0.29) is 11.7 Å². The normalized spacial score (nSPS) is 15.7. The van der Waals surface area contributed by atoms with Gasteiger partial charge in [-0.1, -0.05) is 19.3 Å². The highest BCUT2D eigenvalue weighted by Crippen LogP contribution is 2.25. The number of hydrogen-bond donors (Lipinski definition) is 2. The Hall–Kier alpha value is -2.18. The van der Waals surface area contributed by atoms with Crippen LogP contribution in [0.4, 0.5) is 20.6 Å². The van der Waals surface area contributed by atoms with Gasteiger partial charge in [0, 0.05) is 6.04 Å². The molecule has 0 aromatic heterocycles. The number of carbonyl (C=O) groups is 1. The largest absolute Gasteiger partial charge is 0.335 e. The lowest BCUT2D eigenvalue weighted by molar-refractivity contribution is -0.384. The number of carbonyl (C=O) groups excluding carboxylic acids is 1. The third-order valence-corrected chi connectivity index (χ3v) is 3.35. The van der Waals surface area contributed by atoms with Crippen LogP contribution in [0.3, 0.4) is 0 Å². The monoisotopic (exact) mass is 281 g/mol. The summed E-state index contributed by atoms with van der Waals surface area (Å²) in [6.45, 7) is 0. The zero-order valence-corrected chi connectivity index (χ0v) is 10.9. The Morgan fingerprint density at radius 3 is 2.65 bits per heavy atom. The van der Waals surface area contributed by atoms with Crippen molar-refractivity contribution in [1.82, 2.24) is 5.32 Å². The van der Waals surface area contributed by atoms with Gasteiger partial charge in [-0.25, -0.2) is 9.18 Å². The van der Waals surface area contributed by atoms with Gasteiger partial charge >= 0.3 is 6.03 Å². The van der Waals surface area contributed by atoms with Gasteiger partial charge in [-0.15, -0.1) is 0 Å². The molecule has 0 atom stereocenters. The van der Waals surface area contributed by atoms with E-state index in [1.54, 1.807) is 0 Å². The van der Waals surface area contributed by atoms with Gasteiger partial charge in [0.15, 0.2) is 0 Å². The summed E-state index contributed by atoms with van der Waals surface area (Å²) in [6.07, 6.45) is 5.14. The predicted molar refractivity (Wildman–Crippen MR) is 72.1 cm³/mol. The third kappa shape index (κ3) is 3.66. The first kappa shape index (κ1) is 14.2. The minimum Gasteiger partial charge on any atom is -0.335 e. The van der Waals surface area contributed by atoms with Crippen molar-refractivity contribution < 1.29 is 14.1 Å². The summed E-state index contributed by atoms with van der Waals surface area (Å²) in [4.78, 5) is 21.9. The summed E-state index contributed by atoms with van der Waals surface area (Å²) in [5, 5.41) is 16.0. The van der Waals surface area contributed by atoms with Crippen LogP contribution in [0, 0.1) is 15.9 Å². The van der Waals surface area contributed by atoms with Gasteiger partial charge in [-0.2, -0.15) is 0 Å². The van der Waals surface area contributed by atoms with Crippen LogP contribution in [-0.2, 0) is 0 Å². The van der Waals surface area contributed by atoms with Gasteiger partial charge in [0.2, 0.25) is 0 Å². The average molecular weight is 281 g/mol. The summed E-state index contributed by atoms with van der Waals surface area (Å²) in [5.74, 6) is -0.713. The maximum absolute atomic E-state index is 13.0. The second kappa shape index (κ2) is 6.31. The van der Waals surface area contributed by atoms with E-state index in [1.165, 1.54) is 12.5 Å². The molecule has 0 aliphatic heterocycles. The number of hydrogen-bond acceptors (Lipinski definition) is 3. The lowest BCUT2D eigenvalue weighted by atomic mass is 9.96. The Morgan fingerprint density at radius 2 is 2.00 bits per heavy atom. The Bertz CT molecular complexity index is 516. The lowest BCUT2D eigenvalue weighted by Crippen LogP contribution is -2.39. The zero-order valence-electron chi connectivity index (χ0n) is 10.9. The Morgan fingerprint density at radius 1 is 1.30 bits per heavy atom. The van der Waals surface area contributed by atoms with Gasteiger partial charge in [-0.05, 0) is 25.0 Å². The molecule has 0 radical (unpaired) electrons. The first-order chi connectivity index (χ1) is 9.56. The lowest BCUT2D eigenvalue weighted by Gasteiger charge is -2.22. The highest BCUT2D eigenvalue weighted by molar-refractivity contribution is 5.91. The molecule has 20 heavy (non-hydrogen) atoms. The van der Waals surface area contributed by atoms with Gasteiger partial charge < -0.3 is 10.6 Å². The molecule has 1 saturated carbocycles. The molecule has 2 N–H and O–H groups in total. The Balaban J connectivity index is 2.01. The fourth-order valence-electron chi connectivity index (χ4n) is 2.35. The van der Waals surface area contributed by atoms with Crippen molar-refractivity contribution in [2.24, 2.45) is 0 Å². The van der Waals surface area contributed by atoms with Crippen molar-refractivity contribution in [3.63, 3.8) is 0 Å². The van der Waals surface area contributed by atoms with Gasteiger partial charge in [0.1, 0.15) is 11.5 Å². The van der Waals surface area contributed by atoms with E-state index in [4.69, 9.17) is 0 Å². The fourth-order valence-corrected chi connectivity index (χ4v) is 2.35. The molecular formula is C13H16FN3O3. The summed E-state index contributed by atoms with van der Waals surface area (Å²) in [7, 11) is 0. The minimum absolute atomic E-state index is 0.00953. The number of halogens is 1. The molecule has 1 aliphatic rings. The number of rotatable bonds is 3. The quantitative estimate of drug-likeness (QED) is 0.659. The van der Waals surface area contributed by atoms with Crippen LogP contribution in [0.2, 0.25) is 0 Å². The molecule has 1 aromatic carbocycles. The number of nitrogens with zero attached hydrogens (tertiary/aromatic N) is 1. The number of benzene rings is 1. The molecule has 1 aliphatic carbocycles. The third-order valence-electron chi connectivity index (χ3n) is 3.35. The standard InChI is InChI=1S/C13H16FN3O3/c14-9-6-7-11(12(8-9)17(19)20)16-13(18)15-10-4-2-1-3-5-10/h6-8,10H,1-5H2,(H2,15,16,18). The molecule has 1 aromatic rings. The highest BCUT2D eigenvalue weighted by atomic mass is 19.1. The van der Waals surface area contributed by atoms with Crippen LogP contribution in [-0.4, -0.2) is 17.0 Å². The van der Waals surface area contributed by atoms with Gasteiger partial charge in [-0.3, -0.25) is 10.1 Å². The van der Waals surface area contributed by atoms with Crippen molar-refractivity contribution in [2.75, 3.05) is 5.32 Å². The van der Waals surface area contributed by atoms with Crippen molar-refractivity contribution in [1.29, 1.82) is 0 Å². The second-order valence-corrected chi connectivity index (χ2v) is 4.85. The molecule has 0 bridgehead atoms. The number of nitro benzene ring substituents is 1. The molecule has 0 heterocycles. The van der Waals surface area contributed by atoms with E-state index < -0.39 is 22.5 Å². The van der Waals surface area contributed by atoms with E-state index >= 15 is 0 Å². The van der Waals surface area contributed by atoms with Crippen LogP contribution in [0.5, 0.6) is 0 Å². The SMILES string of the molecule is O=C(Nc1ccc(F)cc1[N+](=O)[O-])NC1CCCCC1. The molecule has 0 saturated heterocycles. The number of amides is 2. The molecule has 2 amide bonds. The van der Waals surface area contributed by atoms with E-state index in [0.717, 1.165) is 37.8 Å². The number of nitro groups is 1. The van der Waals surface area contributed by atoms with Crippen molar-refractivity contribution in [3.05, 3.63) is 34.1 Å². The number of urea groups is 1. The van der Waals surface area contributed by atoms with Crippen LogP contribution in [0.15, 0.2) is 18.2 Å². The topological polar surface area (TPSA) is 84.3 Å². The van der Waals surface area contributed by atoms with Crippen molar-refractivity contribution >= 4 is 17.4 Å². The van der Waals surface area contributed by atoms with Gasteiger partial charge in [0.05, 0.1) is 11.0 Å². The molecule has 2 rings (SSSR count). The van der Waals surface area contributed by atoms with E-state index in [2.05, 4.69) is 10.6 Å². The molecule has 0 unspecified atom stereocenters. The van der Waals surface area contributed by atoms with Crippen LogP contribution in [0.25, 0.3) is 0 Å². The van der Waals surface area contributed by atoms with Crippen molar-refractivity contribution in [2.45, 2.75) is 38.1 Å². The Kier molecular flexibility index (Phi) is 4.49. The first-order valence-corrected chi connectivity index (χ1v) is 6.58. The summed E-state index contributed by atoms with van der Waals surface area (Å²) >= 11 is 0. The summed E-state index contributed by atoms with van der Waals surface area (Å²) < 4.78 is 13.0. The maximum Gasteiger partial charge on any atom is 0.319 e. The van der Waals surface area contributed by atoms with E-state index in [9.17, 15) is 19.3 Å². The van der Waals surface area contributed by atoms with E-state index in [1.807, 2.05) is 0 Å². The molecule has 0 spiro atoms. The second-order valence-electron chi connectivity index (χ2n) is 4.85. The maximum atomic E-state index is 13.0. The minimum atomic E-state index is -0.723. The molecule has 1 fully saturated rings. The van der Waals surface area contributed by atoms with Crippen LogP contribution < -0.4 is 10.6 Å². The molecule has 7 heteroatoms. The number of nitrogens with one attached hydrogen (secondary N) is 2. The predicted octanol–water partition coefficient (Wildman–Crippen LogP) is 3.19. The van der Waals surface area contributed by atoms with Crippen LogP contribution >= 0.6 is 0 Å². The molecular weight excluding hydrogens is 265 g/mol.